The Morgan fingerprint density at radius 1 is 1.09 bits per heavy atom. The number of anilines is 1. The average Bonchev–Trinajstić information content (AvgIpc) is 3.37. The first kappa shape index (κ1) is 21.7. The molecule has 2 N–H and O–H groups in total. The van der Waals surface area contributed by atoms with Crippen LogP contribution in [0.2, 0.25) is 0 Å². The zero-order valence-corrected chi connectivity index (χ0v) is 18.3. The molecule has 2 aliphatic rings. The summed E-state index contributed by atoms with van der Waals surface area (Å²) < 4.78 is 31.4. The quantitative estimate of drug-likeness (QED) is 0.582. The predicted molar refractivity (Wildman–Crippen MR) is 119 cm³/mol. The number of urea groups is 1. The highest BCUT2D eigenvalue weighted by atomic mass is 19.1. The van der Waals surface area contributed by atoms with E-state index in [4.69, 9.17) is 4.42 Å². The van der Waals surface area contributed by atoms with Crippen LogP contribution < -0.4 is 10.6 Å². The van der Waals surface area contributed by atoms with Gasteiger partial charge >= 0.3 is 6.03 Å². The lowest BCUT2D eigenvalue weighted by Crippen LogP contribution is -2.54. The summed E-state index contributed by atoms with van der Waals surface area (Å²) in [4.78, 5) is 27.8. The number of carbonyl (C=O) groups is 1. The van der Waals surface area contributed by atoms with Gasteiger partial charge in [0, 0.05) is 42.8 Å². The predicted octanol–water partition coefficient (Wildman–Crippen LogP) is 4.02. The standard InChI is InChI=1S/C23H26F2N6O2/c1-13-26-12-21(33-13)20-4-14-5-22(28-11-15(14)10-27-20)30-23(32)31-18-2-3-19(31)7-16(6-18)29-17(8-24)9-25/h4-5,10-12,16-19,29H,2-3,6-9H2,1H3,(H,28,30,32)/t16?,18-,19+. The number of alkyl halides is 2. The number of oxazole rings is 1. The highest BCUT2D eigenvalue weighted by Crippen LogP contribution is 2.36. The van der Waals surface area contributed by atoms with E-state index in [1.165, 1.54) is 0 Å². The van der Waals surface area contributed by atoms with Crippen molar-refractivity contribution in [2.75, 3.05) is 18.7 Å². The molecule has 0 radical (unpaired) electrons. The Bertz CT molecular complexity index is 1140. The van der Waals surface area contributed by atoms with Gasteiger partial charge in [-0.2, -0.15) is 0 Å². The van der Waals surface area contributed by atoms with E-state index in [0.717, 1.165) is 23.6 Å². The zero-order chi connectivity index (χ0) is 22.9. The van der Waals surface area contributed by atoms with Crippen LogP contribution in [0.25, 0.3) is 22.2 Å². The number of aromatic nitrogens is 3. The number of fused-ring (bicyclic) bond motifs is 3. The Morgan fingerprint density at radius 3 is 2.48 bits per heavy atom. The fourth-order valence-electron chi connectivity index (χ4n) is 5.00. The average molecular weight is 456 g/mol. The first-order valence-corrected chi connectivity index (χ1v) is 11.2. The van der Waals surface area contributed by atoms with Crippen molar-refractivity contribution in [1.29, 1.82) is 0 Å². The molecule has 10 heteroatoms. The van der Waals surface area contributed by atoms with Gasteiger partial charge in [-0.1, -0.05) is 0 Å². The second-order valence-electron chi connectivity index (χ2n) is 8.79. The molecule has 0 spiro atoms. The number of aryl methyl sites for hydroxylation is 1. The molecule has 2 saturated heterocycles. The molecule has 2 bridgehead atoms. The third-order valence-electron chi connectivity index (χ3n) is 6.52. The summed E-state index contributed by atoms with van der Waals surface area (Å²) >= 11 is 0. The summed E-state index contributed by atoms with van der Waals surface area (Å²) in [6, 6.07) is 2.84. The maximum Gasteiger partial charge on any atom is 0.323 e. The van der Waals surface area contributed by atoms with Crippen LogP contribution in [0.1, 0.15) is 31.6 Å². The van der Waals surface area contributed by atoms with Crippen molar-refractivity contribution in [2.45, 2.75) is 56.8 Å². The molecule has 5 rings (SSSR count). The molecular weight excluding hydrogens is 430 g/mol. The van der Waals surface area contributed by atoms with E-state index in [2.05, 4.69) is 25.6 Å². The van der Waals surface area contributed by atoms with Crippen molar-refractivity contribution in [3.05, 3.63) is 36.6 Å². The van der Waals surface area contributed by atoms with E-state index in [1.807, 2.05) is 17.0 Å². The SMILES string of the molecule is Cc1ncc(-c2cc3cc(NC(=O)N4[C@@H]5CC[C@H]4CC(NC(CF)CF)C5)ncc3cn2)o1. The molecule has 5 heterocycles. The zero-order valence-electron chi connectivity index (χ0n) is 18.3. The van der Waals surface area contributed by atoms with E-state index in [-0.39, 0.29) is 24.2 Å². The molecule has 2 fully saturated rings. The number of hydrogen-bond donors (Lipinski definition) is 2. The summed E-state index contributed by atoms with van der Waals surface area (Å²) in [5.41, 5.74) is 0.652. The monoisotopic (exact) mass is 456 g/mol. The number of hydrogen-bond acceptors (Lipinski definition) is 6. The summed E-state index contributed by atoms with van der Waals surface area (Å²) in [5, 5.41) is 7.70. The molecule has 3 aromatic heterocycles. The maximum absolute atomic E-state index is 13.1. The van der Waals surface area contributed by atoms with Gasteiger partial charge in [-0.25, -0.2) is 23.5 Å². The normalized spacial score (nSPS) is 22.3. The molecule has 1 unspecified atom stereocenters. The van der Waals surface area contributed by atoms with E-state index in [0.29, 0.717) is 36.0 Å². The van der Waals surface area contributed by atoms with Crippen LogP contribution in [0.3, 0.4) is 0 Å². The number of nitrogens with one attached hydrogen (secondary N) is 2. The Morgan fingerprint density at radius 2 is 1.82 bits per heavy atom. The Balaban J connectivity index is 1.29. The van der Waals surface area contributed by atoms with Gasteiger partial charge in [-0.05, 0) is 43.2 Å². The number of pyridine rings is 2. The Hall–Kier alpha value is -3.14. The first-order chi connectivity index (χ1) is 16.0. The van der Waals surface area contributed by atoms with Gasteiger partial charge in [0.25, 0.3) is 0 Å². The second kappa shape index (κ2) is 9.01. The van der Waals surface area contributed by atoms with Crippen molar-refractivity contribution < 1.29 is 18.0 Å². The minimum Gasteiger partial charge on any atom is -0.439 e. The van der Waals surface area contributed by atoms with Crippen molar-refractivity contribution in [3.63, 3.8) is 0 Å². The minimum absolute atomic E-state index is 0.0208. The Kier molecular flexibility index (Phi) is 5.92. The van der Waals surface area contributed by atoms with Gasteiger partial charge < -0.3 is 14.6 Å². The molecule has 3 atom stereocenters. The Labute approximate surface area is 189 Å². The van der Waals surface area contributed by atoms with E-state index in [9.17, 15) is 13.6 Å². The molecule has 8 nitrogen and oxygen atoms in total. The van der Waals surface area contributed by atoms with Gasteiger partial charge in [0.15, 0.2) is 11.7 Å². The lowest BCUT2D eigenvalue weighted by molar-refractivity contribution is 0.133. The largest absolute Gasteiger partial charge is 0.439 e. The van der Waals surface area contributed by atoms with E-state index in [1.54, 1.807) is 25.5 Å². The lowest BCUT2D eigenvalue weighted by Gasteiger charge is -2.39. The lowest BCUT2D eigenvalue weighted by atomic mass is 9.97. The summed E-state index contributed by atoms with van der Waals surface area (Å²) in [6.45, 7) is 0.315. The maximum atomic E-state index is 13.1. The van der Waals surface area contributed by atoms with Crippen molar-refractivity contribution in [2.24, 2.45) is 0 Å². The van der Waals surface area contributed by atoms with Crippen LogP contribution >= 0.6 is 0 Å². The van der Waals surface area contributed by atoms with Crippen LogP contribution in [0.4, 0.5) is 19.4 Å². The molecule has 2 amide bonds. The molecule has 0 aromatic carbocycles. The van der Waals surface area contributed by atoms with Crippen LogP contribution in [-0.2, 0) is 0 Å². The molecular formula is C23H26F2N6O2. The van der Waals surface area contributed by atoms with Gasteiger partial charge in [0.05, 0.1) is 12.2 Å². The number of halogens is 2. The first-order valence-electron chi connectivity index (χ1n) is 11.2. The number of rotatable bonds is 6. The second-order valence-corrected chi connectivity index (χ2v) is 8.79. The molecule has 0 aliphatic carbocycles. The summed E-state index contributed by atoms with van der Waals surface area (Å²) in [5.74, 6) is 1.59. The summed E-state index contributed by atoms with van der Waals surface area (Å²) in [6.07, 6.45) is 8.18. The third kappa shape index (κ3) is 4.39. The molecule has 174 valence electrons. The van der Waals surface area contributed by atoms with Crippen LogP contribution in [-0.4, -0.2) is 63.4 Å². The highest BCUT2D eigenvalue weighted by Gasteiger charge is 2.43. The third-order valence-corrected chi connectivity index (χ3v) is 6.52. The number of carbonyl (C=O) groups excluding carboxylic acids is 1. The van der Waals surface area contributed by atoms with Gasteiger partial charge in [0.2, 0.25) is 0 Å². The van der Waals surface area contributed by atoms with E-state index < -0.39 is 19.4 Å². The van der Waals surface area contributed by atoms with Crippen molar-refractivity contribution >= 4 is 22.6 Å². The fourth-order valence-corrected chi connectivity index (χ4v) is 5.00. The molecule has 2 aliphatic heterocycles. The molecule has 33 heavy (non-hydrogen) atoms. The molecule has 3 aromatic rings. The van der Waals surface area contributed by atoms with Gasteiger partial charge in [0.1, 0.15) is 24.9 Å². The number of piperidine rings is 1. The minimum atomic E-state index is -0.767. The van der Waals surface area contributed by atoms with Gasteiger partial charge in [-0.15, -0.1) is 0 Å². The van der Waals surface area contributed by atoms with Gasteiger partial charge in [-0.3, -0.25) is 10.3 Å². The van der Waals surface area contributed by atoms with Crippen LogP contribution in [0, 0.1) is 6.92 Å². The van der Waals surface area contributed by atoms with E-state index >= 15 is 0 Å². The van der Waals surface area contributed by atoms with Crippen LogP contribution in [0.15, 0.2) is 35.1 Å². The number of nitrogens with zero attached hydrogens (tertiary/aromatic N) is 4. The molecule has 0 saturated carbocycles. The van der Waals surface area contributed by atoms with Crippen molar-refractivity contribution in [3.8, 4) is 11.5 Å². The van der Waals surface area contributed by atoms with Crippen LogP contribution in [0.5, 0.6) is 0 Å². The number of amides is 2. The highest BCUT2D eigenvalue weighted by molar-refractivity contribution is 5.92. The van der Waals surface area contributed by atoms with Crippen molar-refractivity contribution in [1.82, 2.24) is 25.2 Å². The fraction of sp³-hybridized carbons (Fsp3) is 0.478. The smallest absolute Gasteiger partial charge is 0.323 e. The summed E-state index contributed by atoms with van der Waals surface area (Å²) in [7, 11) is 0. The topological polar surface area (TPSA) is 96.2 Å².